The molecule has 0 aliphatic rings. The third-order valence-electron chi connectivity index (χ3n) is 4.23. The molecule has 3 aromatic rings. The van der Waals surface area contributed by atoms with Gasteiger partial charge in [-0.2, -0.15) is 0 Å². The molecule has 3 rings (SSSR count). The molecule has 0 bridgehead atoms. The highest BCUT2D eigenvalue weighted by atomic mass is 32.2. The van der Waals surface area contributed by atoms with Crippen LogP contribution in [-0.4, -0.2) is 19.8 Å². The second-order valence-electron chi connectivity index (χ2n) is 6.10. The first-order chi connectivity index (χ1) is 12.5. The van der Waals surface area contributed by atoms with E-state index in [-0.39, 0.29) is 6.42 Å². The van der Waals surface area contributed by atoms with Crippen LogP contribution < -0.4 is 4.31 Å². The SMILES string of the molecule is Cc1cccc(C(CC(=O)O)N(c2ccc3ccccc3c2)S(=O)[O-])c1. The van der Waals surface area contributed by atoms with Gasteiger partial charge in [0.1, 0.15) is 0 Å². The highest BCUT2D eigenvalue weighted by Crippen LogP contribution is 2.33. The van der Waals surface area contributed by atoms with Gasteiger partial charge >= 0.3 is 5.97 Å². The van der Waals surface area contributed by atoms with Crippen LogP contribution in [0.1, 0.15) is 23.6 Å². The number of aryl methyl sites for hydroxylation is 1. The standard InChI is InChI=1S/C20H19NO4S/c1-14-5-4-8-17(11-14)19(13-20(22)23)21(26(24)25)18-10-9-15-6-2-3-7-16(15)12-18/h2-12,19H,13H2,1H3,(H,22,23)(H,24,25)/p-1. The first-order valence-electron chi connectivity index (χ1n) is 8.11. The number of hydrogen-bond acceptors (Lipinski definition) is 3. The van der Waals surface area contributed by atoms with Crippen LogP contribution in [-0.2, 0) is 16.1 Å². The van der Waals surface area contributed by atoms with Crippen molar-refractivity contribution in [3.8, 4) is 0 Å². The summed E-state index contributed by atoms with van der Waals surface area (Å²) >= 11 is -2.63. The lowest BCUT2D eigenvalue weighted by molar-refractivity contribution is -0.137. The zero-order chi connectivity index (χ0) is 18.7. The molecule has 5 nitrogen and oxygen atoms in total. The summed E-state index contributed by atoms with van der Waals surface area (Å²) in [4.78, 5) is 11.4. The molecule has 0 radical (unpaired) electrons. The summed E-state index contributed by atoms with van der Waals surface area (Å²) in [5.74, 6) is -1.06. The van der Waals surface area contributed by atoms with Crippen molar-refractivity contribution >= 4 is 33.7 Å². The molecular weight excluding hydrogens is 350 g/mol. The van der Waals surface area contributed by atoms with E-state index < -0.39 is 23.3 Å². The Bertz CT molecular complexity index is 973. The lowest BCUT2D eigenvalue weighted by atomic mass is 10.0. The van der Waals surface area contributed by atoms with Gasteiger partial charge in [0.2, 0.25) is 0 Å². The van der Waals surface area contributed by atoms with E-state index in [0.717, 1.165) is 20.6 Å². The molecular formula is C20H18NO4S-. The summed E-state index contributed by atoms with van der Waals surface area (Å²) in [5, 5.41) is 11.2. The van der Waals surface area contributed by atoms with Gasteiger partial charge in [-0.05, 0) is 35.4 Å². The molecule has 6 heteroatoms. The predicted octanol–water partition coefficient (Wildman–Crippen LogP) is 3.96. The van der Waals surface area contributed by atoms with Crippen molar-refractivity contribution < 1.29 is 18.7 Å². The second kappa shape index (κ2) is 7.68. The summed E-state index contributed by atoms with van der Waals surface area (Å²) in [6, 6.07) is 19.3. The number of carboxylic acids is 1. The molecule has 0 amide bonds. The van der Waals surface area contributed by atoms with Crippen molar-refractivity contribution in [2.75, 3.05) is 4.31 Å². The largest absolute Gasteiger partial charge is 0.755 e. The van der Waals surface area contributed by atoms with Gasteiger partial charge < -0.3 is 9.66 Å². The van der Waals surface area contributed by atoms with E-state index in [9.17, 15) is 18.7 Å². The summed E-state index contributed by atoms with van der Waals surface area (Å²) in [7, 11) is 0. The fraction of sp³-hybridized carbons (Fsp3) is 0.150. The van der Waals surface area contributed by atoms with Crippen LogP contribution in [0.4, 0.5) is 5.69 Å². The number of rotatable bonds is 6. The van der Waals surface area contributed by atoms with E-state index in [0.29, 0.717) is 11.3 Å². The van der Waals surface area contributed by atoms with Gasteiger partial charge in [0.05, 0.1) is 12.5 Å². The van der Waals surface area contributed by atoms with Crippen LogP contribution in [0.5, 0.6) is 0 Å². The molecule has 3 aromatic carbocycles. The van der Waals surface area contributed by atoms with Crippen LogP contribution in [0.15, 0.2) is 66.7 Å². The highest BCUT2D eigenvalue weighted by molar-refractivity contribution is 7.80. The predicted molar refractivity (Wildman–Crippen MR) is 102 cm³/mol. The lowest BCUT2D eigenvalue weighted by Crippen LogP contribution is -2.32. The van der Waals surface area contributed by atoms with E-state index in [1.165, 1.54) is 0 Å². The van der Waals surface area contributed by atoms with Crippen LogP contribution >= 0.6 is 0 Å². The Morgan fingerprint density at radius 2 is 1.81 bits per heavy atom. The van der Waals surface area contributed by atoms with Crippen molar-refractivity contribution in [3.63, 3.8) is 0 Å². The molecule has 0 spiro atoms. The number of benzene rings is 3. The first-order valence-corrected chi connectivity index (χ1v) is 9.14. The molecule has 0 saturated heterocycles. The third kappa shape index (κ3) is 3.92. The zero-order valence-electron chi connectivity index (χ0n) is 14.2. The Morgan fingerprint density at radius 1 is 1.08 bits per heavy atom. The summed E-state index contributed by atoms with van der Waals surface area (Å²) < 4.78 is 25.2. The van der Waals surface area contributed by atoms with Gasteiger partial charge in [-0.3, -0.25) is 13.3 Å². The van der Waals surface area contributed by atoms with Crippen LogP contribution in [0.25, 0.3) is 10.8 Å². The molecule has 1 N–H and O–H groups in total. The second-order valence-corrected chi connectivity index (χ2v) is 6.93. The minimum Gasteiger partial charge on any atom is -0.755 e. The molecule has 2 unspecified atom stereocenters. The molecule has 0 fully saturated rings. The maximum atomic E-state index is 12.1. The number of carbonyl (C=O) groups is 1. The quantitative estimate of drug-likeness (QED) is 0.668. The average molecular weight is 368 g/mol. The fourth-order valence-electron chi connectivity index (χ4n) is 3.06. The van der Waals surface area contributed by atoms with Gasteiger partial charge in [0, 0.05) is 17.0 Å². The number of fused-ring (bicyclic) bond motifs is 1. The molecule has 0 saturated carbocycles. The molecule has 0 heterocycles. The van der Waals surface area contributed by atoms with E-state index in [2.05, 4.69) is 0 Å². The number of carboxylic acid groups (broad SMARTS) is 1. The molecule has 2 atom stereocenters. The molecule has 0 aromatic heterocycles. The van der Waals surface area contributed by atoms with Gasteiger partial charge in [-0.25, -0.2) is 0 Å². The zero-order valence-corrected chi connectivity index (χ0v) is 15.0. The van der Waals surface area contributed by atoms with Gasteiger partial charge in [-0.15, -0.1) is 0 Å². The van der Waals surface area contributed by atoms with Gasteiger partial charge in [0.25, 0.3) is 0 Å². The van der Waals surface area contributed by atoms with Crippen LogP contribution in [0, 0.1) is 6.92 Å². The van der Waals surface area contributed by atoms with Crippen molar-refractivity contribution in [3.05, 3.63) is 77.9 Å². The Labute approximate surface area is 154 Å². The normalized spacial score (nSPS) is 13.3. The van der Waals surface area contributed by atoms with Crippen LogP contribution in [0.2, 0.25) is 0 Å². The fourth-order valence-corrected chi connectivity index (χ4v) is 3.75. The van der Waals surface area contributed by atoms with Crippen molar-refractivity contribution in [2.24, 2.45) is 0 Å². The smallest absolute Gasteiger partial charge is 0.305 e. The van der Waals surface area contributed by atoms with E-state index in [1.807, 2.05) is 49.4 Å². The monoisotopic (exact) mass is 368 g/mol. The number of hydrogen-bond donors (Lipinski definition) is 1. The average Bonchev–Trinajstić information content (AvgIpc) is 2.60. The van der Waals surface area contributed by atoms with Gasteiger partial charge in [0.15, 0.2) is 0 Å². The third-order valence-corrected chi connectivity index (χ3v) is 5.01. The maximum Gasteiger partial charge on any atom is 0.305 e. The minimum atomic E-state index is -2.63. The van der Waals surface area contributed by atoms with Gasteiger partial charge in [-0.1, -0.05) is 60.2 Å². The number of nitrogens with zero attached hydrogens (tertiary/aromatic N) is 1. The molecule has 0 aliphatic carbocycles. The Morgan fingerprint density at radius 3 is 2.46 bits per heavy atom. The maximum absolute atomic E-state index is 12.1. The van der Waals surface area contributed by atoms with Crippen molar-refractivity contribution in [2.45, 2.75) is 19.4 Å². The van der Waals surface area contributed by atoms with Crippen molar-refractivity contribution in [1.82, 2.24) is 0 Å². The van der Waals surface area contributed by atoms with Crippen LogP contribution in [0.3, 0.4) is 0 Å². The van der Waals surface area contributed by atoms with E-state index >= 15 is 0 Å². The highest BCUT2D eigenvalue weighted by Gasteiger charge is 2.25. The van der Waals surface area contributed by atoms with Crippen molar-refractivity contribution in [1.29, 1.82) is 0 Å². The Kier molecular flexibility index (Phi) is 5.35. The van der Waals surface area contributed by atoms with E-state index in [4.69, 9.17) is 0 Å². The summed E-state index contributed by atoms with van der Waals surface area (Å²) in [6.07, 6.45) is -0.329. The molecule has 0 aliphatic heterocycles. The summed E-state index contributed by atoms with van der Waals surface area (Å²) in [6.45, 7) is 1.88. The molecule has 134 valence electrons. The van der Waals surface area contributed by atoms with E-state index in [1.54, 1.807) is 24.3 Å². The topological polar surface area (TPSA) is 80.7 Å². The number of anilines is 1. The Hall–Kier alpha value is -2.70. The summed E-state index contributed by atoms with van der Waals surface area (Å²) in [5.41, 5.74) is 2.02. The number of aliphatic carboxylic acids is 1. The Balaban J connectivity index is 2.12. The molecule has 26 heavy (non-hydrogen) atoms. The minimum absolute atomic E-state index is 0.329. The first kappa shape index (κ1) is 18.1. The lowest BCUT2D eigenvalue weighted by Gasteiger charge is -2.34.